The van der Waals surface area contributed by atoms with Gasteiger partial charge < -0.3 is 9.64 Å². The normalized spacial score (nSPS) is 19.9. The molecule has 2 aliphatic rings. The summed E-state index contributed by atoms with van der Waals surface area (Å²) in [5.74, 6) is 2.21. The average Bonchev–Trinajstić information content (AvgIpc) is 2.74. The van der Waals surface area contributed by atoms with Gasteiger partial charge in [0, 0.05) is 69.4 Å². The third-order valence-electron chi connectivity index (χ3n) is 5.83. The van der Waals surface area contributed by atoms with Crippen molar-refractivity contribution in [2.45, 2.75) is 45.2 Å². The Labute approximate surface area is 166 Å². The van der Waals surface area contributed by atoms with Gasteiger partial charge in [-0.3, -0.25) is 9.69 Å². The highest BCUT2D eigenvalue weighted by Crippen LogP contribution is 2.27. The second kappa shape index (κ2) is 8.27. The van der Waals surface area contributed by atoms with Crippen LogP contribution in [0.4, 0.5) is 0 Å². The molecule has 2 aliphatic heterocycles. The lowest BCUT2D eigenvalue weighted by atomic mass is 9.96. The van der Waals surface area contributed by atoms with Crippen molar-refractivity contribution in [3.8, 4) is 5.75 Å². The molecule has 1 fully saturated rings. The van der Waals surface area contributed by atoms with E-state index in [1.807, 2.05) is 23.2 Å². The van der Waals surface area contributed by atoms with Gasteiger partial charge in [-0.25, -0.2) is 9.97 Å². The molecule has 1 saturated heterocycles. The maximum Gasteiger partial charge on any atom is 0.219 e. The highest BCUT2D eigenvalue weighted by atomic mass is 16.5. The van der Waals surface area contributed by atoms with Gasteiger partial charge in [-0.05, 0) is 30.5 Å². The minimum atomic E-state index is 0.150. The predicted molar refractivity (Wildman–Crippen MR) is 107 cm³/mol. The summed E-state index contributed by atoms with van der Waals surface area (Å²) < 4.78 is 5.23. The van der Waals surface area contributed by atoms with Crippen molar-refractivity contribution >= 4 is 5.91 Å². The fourth-order valence-corrected chi connectivity index (χ4v) is 4.18. The average molecular weight is 380 g/mol. The second-order valence-electron chi connectivity index (χ2n) is 7.81. The molecule has 1 amide bonds. The van der Waals surface area contributed by atoms with Gasteiger partial charge in [0.2, 0.25) is 5.91 Å². The van der Waals surface area contributed by atoms with Crippen LogP contribution in [0.25, 0.3) is 0 Å². The first-order valence-corrected chi connectivity index (χ1v) is 10.1. The van der Waals surface area contributed by atoms with Crippen LogP contribution in [0.5, 0.6) is 5.75 Å². The van der Waals surface area contributed by atoms with Crippen LogP contribution in [0.3, 0.4) is 0 Å². The van der Waals surface area contributed by atoms with Crippen molar-refractivity contribution in [1.29, 1.82) is 0 Å². The molecule has 0 spiro atoms. The zero-order valence-corrected chi connectivity index (χ0v) is 16.7. The molecule has 0 bridgehead atoms. The summed E-state index contributed by atoms with van der Waals surface area (Å²) in [7, 11) is 1.69. The fraction of sp³-hybridized carbons (Fsp3) is 0.500. The number of amides is 1. The monoisotopic (exact) mass is 380 g/mol. The molecule has 2 aromatic rings. The molecule has 0 unspecified atom stereocenters. The van der Waals surface area contributed by atoms with Crippen LogP contribution in [0.2, 0.25) is 0 Å². The van der Waals surface area contributed by atoms with Gasteiger partial charge in [-0.2, -0.15) is 0 Å². The van der Waals surface area contributed by atoms with E-state index >= 15 is 0 Å². The maximum atomic E-state index is 11.7. The first-order valence-electron chi connectivity index (χ1n) is 10.1. The van der Waals surface area contributed by atoms with E-state index in [4.69, 9.17) is 9.72 Å². The number of benzene rings is 1. The van der Waals surface area contributed by atoms with Gasteiger partial charge in [-0.1, -0.05) is 12.1 Å². The Hall–Kier alpha value is -2.47. The summed E-state index contributed by atoms with van der Waals surface area (Å²) in [6.45, 7) is 6.05. The van der Waals surface area contributed by atoms with Crippen molar-refractivity contribution in [2.24, 2.45) is 0 Å². The Morgan fingerprint density at radius 1 is 1.25 bits per heavy atom. The van der Waals surface area contributed by atoms with E-state index in [9.17, 15) is 4.79 Å². The van der Waals surface area contributed by atoms with E-state index in [0.717, 1.165) is 63.6 Å². The van der Waals surface area contributed by atoms with Crippen molar-refractivity contribution < 1.29 is 9.53 Å². The standard InChI is InChI=1S/C22H28N4O2/c1-16(27)26-10-3-4-18(15-26)22-23-12-19-14-25(11-9-21(19)24-22)13-17-5-7-20(28-2)8-6-17/h5-8,12,18H,3-4,9-11,13-15H2,1-2H3/t18-/m0/s1. The Balaban J connectivity index is 1.41. The molecule has 6 heteroatoms. The van der Waals surface area contributed by atoms with Gasteiger partial charge >= 0.3 is 0 Å². The van der Waals surface area contributed by atoms with Crippen LogP contribution in [0, 0.1) is 0 Å². The molecule has 1 aromatic heterocycles. The van der Waals surface area contributed by atoms with Crippen LogP contribution in [0.1, 0.15) is 48.3 Å². The van der Waals surface area contributed by atoms with Crippen LogP contribution in [-0.2, 0) is 24.3 Å². The third kappa shape index (κ3) is 4.17. The van der Waals surface area contributed by atoms with E-state index in [1.54, 1.807) is 14.0 Å². The first kappa shape index (κ1) is 18.9. The van der Waals surface area contributed by atoms with Crippen LogP contribution in [-0.4, -0.2) is 52.4 Å². The fourth-order valence-electron chi connectivity index (χ4n) is 4.18. The predicted octanol–water partition coefficient (Wildman–Crippen LogP) is 2.77. The number of aromatic nitrogens is 2. The van der Waals surface area contributed by atoms with Gasteiger partial charge in [0.05, 0.1) is 7.11 Å². The molecule has 28 heavy (non-hydrogen) atoms. The maximum absolute atomic E-state index is 11.7. The second-order valence-corrected chi connectivity index (χ2v) is 7.81. The molecule has 6 nitrogen and oxygen atoms in total. The molecular weight excluding hydrogens is 352 g/mol. The zero-order valence-electron chi connectivity index (χ0n) is 16.7. The molecule has 148 valence electrons. The highest BCUT2D eigenvalue weighted by Gasteiger charge is 2.26. The number of hydrogen-bond donors (Lipinski definition) is 0. The third-order valence-corrected chi connectivity index (χ3v) is 5.83. The van der Waals surface area contributed by atoms with E-state index in [0.29, 0.717) is 0 Å². The molecule has 4 rings (SSSR count). The minimum absolute atomic E-state index is 0.150. The molecule has 3 heterocycles. The van der Waals surface area contributed by atoms with Gasteiger partial charge in [-0.15, -0.1) is 0 Å². The van der Waals surface area contributed by atoms with Gasteiger partial charge in [0.25, 0.3) is 0 Å². The van der Waals surface area contributed by atoms with Crippen molar-refractivity contribution in [3.05, 3.63) is 53.1 Å². The number of methoxy groups -OCH3 is 1. The molecule has 0 saturated carbocycles. The molecule has 1 aromatic carbocycles. The summed E-state index contributed by atoms with van der Waals surface area (Å²) in [6, 6.07) is 8.27. The van der Waals surface area contributed by atoms with Crippen LogP contribution >= 0.6 is 0 Å². The largest absolute Gasteiger partial charge is 0.497 e. The summed E-state index contributed by atoms with van der Waals surface area (Å²) in [5, 5.41) is 0. The van der Waals surface area contributed by atoms with Crippen LogP contribution in [0.15, 0.2) is 30.5 Å². The number of hydrogen-bond acceptors (Lipinski definition) is 5. The number of carbonyl (C=O) groups is 1. The Morgan fingerprint density at radius 2 is 2.07 bits per heavy atom. The van der Waals surface area contributed by atoms with Crippen molar-refractivity contribution in [1.82, 2.24) is 19.8 Å². The molecule has 1 atom stereocenters. The minimum Gasteiger partial charge on any atom is -0.497 e. The van der Waals surface area contributed by atoms with Gasteiger partial charge in [0.15, 0.2) is 0 Å². The van der Waals surface area contributed by atoms with Crippen molar-refractivity contribution in [3.63, 3.8) is 0 Å². The lowest BCUT2D eigenvalue weighted by Crippen LogP contribution is -2.38. The number of likely N-dealkylation sites (tertiary alicyclic amines) is 1. The Bertz CT molecular complexity index is 837. The van der Waals surface area contributed by atoms with E-state index < -0.39 is 0 Å². The summed E-state index contributed by atoms with van der Waals surface area (Å²) in [6.07, 6.45) is 5.04. The number of carbonyl (C=O) groups excluding carboxylic acids is 1. The van der Waals surface area contributed by atoms with Gasteiger partial charge in [0.1, 0.15) is 11.6 Å². The highest BCUT2D eigenvalue weighted by molar-refractivity contribution is 5.73. The molecular formula is C22H28N4O2. The number of fused-ring (bicyclic) bond motifs is 1. The lowest BCUT2D eigenvalue weighted by Gasteiger charge is -2.32. The van der Waals surface area contributed by atoms with E-state index in [-0.39, 0.29) is 11.8 Å². The van der Waals surface area contributed by atoms with E-state index in [2.05, 4.69) is 22.0 Å². The summed E-state index contributed by atoms with van der Waals surface area (Å²) >= 11 is 0. The first-order chi connectivity index (χ1) is 13.6. The molecule has 0 aliphatic carbocycles. The summed E-state index contributed by atoms with van der Waals surface area (Å²) in [4.78, 5) is 25.6. The number of rotatable bonds is 4. The van der Waals surface area contributed by atoms with Crippen LogP contribution < -0.4 is 4.74 Å². The zero-order chi connectivity index (χ0) is 19.5. The quantitative estimate of drug-likeness (QED) is 0.816. The smallest absolute Gasteiger partial charge is 0.219 e. The number of piperidine rings is 1. The SMILES string of the molecule is COc1ccc(CN2CCc3nc([C@H]4CCCN(C(C)=O)C4)ncc3C2)cc1. The number of nitrogens with zero attached hydrogens (tertiary/aromatic N) is 4. The van der Waals surface area contributed by atoms with Crippen molar-refractivity contribution in [2.75, 3.05) is 26.7 Å². The number of ether oxygens (including phenoxy) is 1. The molecule has 0 radical (unpaired) electrons. The Kier molecular flexibility index (Phi) is 5.57. The molecule has 0 N–H and O–H groups in total. The summed E-state index contributed by atoms with van der Waals surface area (Å²) in [5.41, 5.74) is 3.69. The Morgan fingerprint density at radius 3 is 2.82 bits per heavy atom. The topological polar surface area (TPSA) is 58.6 Å². The lowest BCUT2D eigenvalue weighted by molar-refractivity contribution is -0.130. The van der Waals surface area contributed by atoms with E-state index in [1.165, 1.54) is 16.8 Å².